The van der Waals surface area contributed by atoms with Crippen molar-refractivity contribution < 1.29 is 0 Å². The molecule has 0 nitrogen and oxygen atoms in total. The third-order valence-corrected chi connectivity index (χ3v) is 5.77. The molecule has 0 aliphatic heterocycles. The summed E-state index contributed by atoms with van der Waals surface area (Å²) >= 11 is 4.92. The van der Waals surface area contributed by atoms with Crippen LogP contribution in [0, 0.1) is 7.14 Å². The van der Waals surface area contributed by atoms with E-state index in [0.717, 1.165) is 0 Å². The van der Waals surface area contributed by atoms with Gasteiger partial charge in [-0.3, -0.25) is 0 Å². The smallest absolute Gasteiger partial charge is 0.0601 e. The van der Waals surface area contributed by atoms with Gasteiger partial charge in [-0.25, -0.2) is 0 Å². The number of hydrogen-bond acceptors (Lipinski definition) is 0. The minimum absolute atomic E-state index is 0.0414. The molecule has 0 radical (unpaired) electrons. The van der Waals surface area contributed by atoms with E-state index < -0.39 is 0 Å². The highest BCUT2D eigenvalue weighted by Gasteiger charge is 2.41. The molecule has 2 heteroatoms. The van der Waals surface area contributed by atoms with Crippen LogP contribution in [0.4, 0.5) is 0 Å². The van der Waals surface area contributed by atoms with Gasteiger partial charge in [-0.2, -0.15) is 0 Å². The summed E-state index contributed by atoms with van der Waals surface area (Å²) in [5, 5.41) is 0. The fraction of sp³-hybridized carbons (Fsp3) is 0.0588. The Kier molecular flexibility index (Phi) is 2.68. The van der Waals surface area contributed by atoms with Gasteiger partial charge in [-0.15, -0.1) is 0 Å². The second-order valence-electron chi connectivity index (χ2n) is 4.94. The topological polar surface area (TPSA) is 0 Å². The van der Waals surface area contributed by atoms with Crippen LogP contribution in [0.1, 0.15) is 22.3 Å². The van der Waals surface area contributed by atoms with Crippen LogP contribution in [0.15, 0.2) is 48.6 Å². The zero-order valence-corrected chi connectivity index (χ0v) is 14.3. The predicted octanol–water partition coefficient (Wildman–Crippen LogP) is 5.24. The van der Waals surface area contributed by atoms with Crippen LogP contribution in [0.2, 0.25) is 0 Å². The number of allylic oxidation sites excluding steroid dienone is 2. The lowest BCUT2D eigenvalue weighted by Gasteiger charge is -2.26. The minimum Gasteiger partial charge on any atom is -0.0651 e. The van der Waals surface area contributed by atoms with E-state index in [2.05, 4.69) is 106 Å². The summed E-state index contributed by atoms with van der Waals surface area (Å²) in [5.41, 5.74) is 5.54. The Morgan fingerprint density at radius 3 is 1.63 bits per heavy atom. The first kappa shape index (κ1) is 12.1. The summed E-state index contributed by atoms with van der Waals surface area (Å²) in [6.45, 7) is 0. The van der Waals surface area contributed by atoms with Crippen molar-refractivity contribution in [3.63, 3.8) is 0 Å². The minimum atomic E-state index is -0.0414. The molecule has 0 aromatic heterocycles. The fourth-order valence-electron chi connectivity index (χ4n) is 3.19. The molecule has 0 N–H and O–H groups in total. The average molecular weight is 468 g/mol. The lowest BCUT2D eigenvalue weighted by atomic mass is 9.78. The molecule has 0 heterocycles. The van der Waals surface area contributed by atoms with E-state index in [1.54, 1.807) is 0 Å². The first-order chi connectivity index (χ1) is 9.22. The predicted molar refractivity (Wildman–Crippen MR) is 97.2 cm³/mol. The molecular weight excluding hydrogens is 458 g/mol. The van der Waals surface area contributed by atoms with Crippen LogP contribution < -0.4 is 0 Å². The van der Waals surface area contributed by atoms with E-state index in [4.69, 9.17) is 0 Å². The van der Waals surface area contributed by atoms with Gasteiger partial charge >= 0.3 is 0 Å². The molecule has 0 saturated heterocycles. The van der Waals surface area contributed by atoms with Crippen LogP contribution >= 0.6 is 45.2 Å². The molecule has 2 aromatic rings. The van der Waals surface area contributed by atoms with Crippen LogP contribution in [0.3, 0.4) is 0 Å². The van der Waals surface area contributed by atoms with Gasteiger partial charge in [-0.1, -0.05) is 48.6 Å². The molecular formula is C17H10I2. The Morgan fingerprint density at radius 2 is 1.16 bits per heavy atom. The summed E-state index contributed by atoms with van der Waals surface area (Å²) in [6, 6.07) is 13.1. The van der Waals surface area contributed by atoms with Crippen molar-refractivity contribution in [3.05, 3.63) is 77.9 Å². The van der Waals surface area contributed by atoms with Gasteiger partial charge in [0.25, 0.3) is 0 Å². The molecule has 0 atom stereocenters. The summed E-state index contributed by atoms with van der Waals surface area (Å²) in [4.78, 5) is 0. The SMILES string of the molecule is Ic1cccc2c1C1(C=C2)C=Cc2cccc(I)c21. The second-order valence-corrected chi connectivity index (χ2v) is 7.27. The molecule has 0 bridgehead atoms. The first-order valence-electron chi connectivity index (χ1n) is 6.19. The maximum atomic E-state index is 2.46. The standard InChI is InChI=1S/C17H10I2/c18-13-5-1-3-11-7-9-17(15(11)13)10-8-12-4-2-6-14(19)16(12)17/h1-10H. The van der Waals surface area contributed by atoms with E-state index in [0.29, 0.717) is 0 Å². The van der Waals surface area contributed by atoms with Gasteiger partial charge in [0.2, 0.25) is 0 Å². The maximum Gasteiger partial charge on any atom is 0.0601 e. The van der Waals surface area contributed by atoms with Crippen LogP contribution in [-0.4, -0.2) is 0 Å². The Morgan fingerprint density at radius 1 is 0.684 bits per heavy atom. The number of benzene rings is 2. The molecule has 2 aromatic carbocycles. The molecule has 92 valence electrons. The van der Waals surface area contributed by atoms with Gasteiger partial charge < -0.3 is 0 Å². The number of halogens is 2. The monoisotopic (exact) mass is 468 g/mol. The Balaban J connectivity index is 2.09. The molecule has 0 fully saturated rings. The van der Waals surface area contributed by atoms with E-state index in [1.165, 1.54) is 29.4 Å². The quantitative estimate of drug-likeness (QED) is 0.465. The van der Waals surface area contributed by atoms with E-state index >= 15 is 0 Å². The highest BCUT2D eigenvalue weighted by Crippen LogP contribution is 2.50. The van der Waals surface area contributed by atoms with Crippen molar-refractivity contribution in [3.8, 4) is 0 Å². The normalized spacial score (nSPS) is 16.9. The van der Waals surface area contributed by atoms with Crippen LogP contribution in [0.5, 0.6) is 0 Å². The highest BCUT2D eigenvalue weighted by atomic mass is 127. The van der Waals surface area contributed by atoms with Crippen molar-refractivity contribution >= 4 is 57.3 Å². The summed E-state index contributed by atoms with van der Waals surface area (Å²) in [6.07, 6.45) is 9.23. The maximum absolute atomic E-state index is 2.46. The van der Waals surface area contributed by atoms with E-state index in [9.17, 15) is 0 Å². The molecule has 0 amide bonds. The van der Waals surface area contributed by atoms with Gasteiger partial charge in [0, 0.05) is 7.14 Å². The molecule has 0 saturated carbocycles. The molecule has 2 aliphatic carbocycles. The van der Waals surface area contributed by atoms with Crippen LogP contribution in [0.25, 0.3) is 12.2 Å². The third-order valence-electron chi connectivity index (χ3n) is 3.97. The Bertz CT molecular complexity index is 688. The average Bonchev–Trinajstić information content (AvgIpc) is 2.96. The number of fused-ring (bicyclic) bond motifs is 4. The van der Waals surface area contributed by atoms with Gasteiger partial charge in [0.1, 0.15) is 0 Å². The number of hydrogen-bond donors (Lipinski definition) is 0. The molecule has 19 heavy (non-hydrogen) atoms. The van der Waals surface area contributed by atoms with Crippen LogP contribution in [-0.2, 0) is 5.41 Å². The van der Waals surface area contributed by atoms with Crippen molar-refractivity contribution in [1.29, 1.82) is 0 Å². The second kappa shape index (κ2) is 4.19. The number of rotatable bonds is 0. The fourth-order valence-corrected chi connectivity index (χ4v) is 5.12. The molecule has 0 unspecified atom stereocenters. The lowest BCUT2D eigenvalue weighted by Crippen LogP contribution is -2.21. The third kappa shape index (κ3) is 1.56. The zero-order chi connectivity index (χ0) is 13.0. The largest absolute Gasteiger partial charge is 0.0651 e. The summed E-state index contributed by atoms with van der Waals surface area (Å²) in [5.74, 6) is 0. The molecule has 4 rings (SSSR count). The van der Waals surface area contributed by atoms with Gasteiger partial charge in [0.15, 0.2) is 0 Å². The summed E-state index contributed by atoms with van der Waals surface area (Å²) in [7, 11) is 0. The van der Waals surface area contributed by atoms with Crippen molar-refractivity contribution in [1.82, 2.24) is 0 Å². The highest BCUT2D eigenvalue weighted by molar-refractivity contribution is 14.1. The van der Waals surface area contributed by atoms with Gasteiger partial charge in [-0.05, 0) is 79.6 Å². The first-order valence-corrected chi connectivity index (χ1v) is 8.34. The summed E-state index contributed by atoms with van der Waals surface area (Å²) < 4.78 is 2.69. The van der Waals surface area contributed by atoms with Crippen molar-refractivity contribution in [2.75, 3.05) is 0 Å². The lowest BCUT2D eigenvalue weighted by molar-refractivity contribution is 0.838. The zero-order valence-electron chi connectivity index (χ0n) is 10.0. The molecule has 1 spiro atoms. The van der Waals surface area contributed by atoms with Gasteiger partial charge in [0.05, 0.1) is 5.41 Å². The van der Waals surface area contributed by atoms with Crippen molar-refractivity contribution in [2.45, 2.75) is 5.41 Å². The molecule has 2 aliphatic rings. The van der Waals surface area contributed by atoms with E-state index in [1.807, 2.05) is 0 Å². The van der Waals surface area contributed by atoms with E-state index in [-0.39, 0.29) is 5.41 Å². The van der Waals surface area contributed by atoms with Crippen molar-refractivity contribution in [2.24, 2.45) is 0 Å². The Labute approximate surface area is 139 Å². The Hall–Kier alpha value is -0.620.